The number of piperazine rings is 1. The fraction of sp³-hybridized carbons (Fsp3) is 0.929. The van der Waals surface area contributed by atoms with E-state index in [2.05, 4.69) is 16.8 Å². The molecule has 0 N–H and O–H groups in total. The number of esters is 1. The van der Waals surface area contributed by atoms with E-state index in [0.717, 1.165) is 76.5 Å². The van der Waals surface area contributed by atoms with Crippen LogP contribution in [0.3, 0.4) is 0 Å². The van der Waals surface area contributed by atoms with E-state index in [4.69, 9.17) is 4.74 Å². The standard InChI is InChI=1S/C28H42N2O3/c1-29-3-5-30(6-4-29)23(31)25-9-19-7-20(10-25)14-27(13-19,17-25)28-15-21-8-22(16-28)12-26(11-21,18-28)24(32)33-2/h19-22H,3-18H2,1-2H3. The van der Waals surface area contributed by atoms with Crippen LogP contribution in [0.15, 0.2) is 0 Å². The lowest BCUT2D eigenvalue weighted by molar-refractivity contribution is -0.241. The number of hydrogen-bond acceptors (Lipinski definition) is 4. The second-order valence-electron chi connectivity index (χ2n) is 14.1. The summed E-state index contributed by atoms with van der Waals surface area (Å²) in [5.41, 5.74) is 0.228. The molecule has 8 aliphatic carbocycles. The van der Waals surface area contributed by atoms with Gasteiger partial charge in [0, 0.05) is 26.2 Å². The maximum absolute atomic E-state index is 14.2. The lowest BCUT2D eigenvalue weighted by Gasteiger charge is -2.73. The quantitative estimate of drug-likeness (QED) is 0.603. The summed E-state index contributed by atoms with van der Waals surface area (Å²) in [6, 6.07) is 0. The Morgan fingerprint density at radius 1 is 0.697 bits per heavy atom. The molecule has 1 amide bonds. The zero-order chi connectivity index (χ0) is 22.6. The van der Waals surface area contributed by atoms with Crippen molar-refractivity contribution in [3.05, 3.63) is 0 Å². The van der Waals surface area contributed by atoms with E-state index in [0.29, 0.717) is 17.7 Å². The number of rotatable bonds is 3. The Hall–Kier alpha value is -1.10. The molecule has 8 bridgehead atoms. The van der Waals surface area contributed by atoms with Gasteiger partial charge in [-0.05, 0) is 119 Å². The topological polar surface area (TPSA) is 49.9 Å². The number of hydrogen-bond donors (Lipinski definition) is 0. The highest BCUT2D eigenvalue weighted by Gasteiger charge is 2.72. The minimum Gasteiger partial charge on any atom is -0.469 e. The third-order valence-corrected chi connectivity index (χ3v) is 12.1. The predicted octanol–water partition coefficient (Wildman–Crippen LogP) is 4.11. The summed E-state index contributed by atoms with van der Waals surface area (Å²) >= 11 is 0. The van der Waals surface area contributed by atoms with Gasteiger partial charge in [-0.15, -0.1) is 0 Å². The average molecular weight is 455 g/mol. The van der Waals surface area contributed by atoms with Crippen molar-refractivity contribution < 1.29 is 14.3 Å². The van der Waals surface area contributed by atoms with Crippen LogP contribution in [0.1, 0.15) is 77.0 Å². The molecule has 0 aromatic heterocycles. The summed E-state index contributed by atoms with van der Waals surface area (Å²) in [5.74, 6) is 3.43. The molecule has 33 heavy (non-hydrogen) atoms. The molecule has 1 saturated heterocycles. The van der Waals surface area contributed by atoms with E-state index in [-0.39, 0.29) is 27.6 Å². The predicted molar refractivity (Wildman–Crippen MR) is 125 cm³/mol. The van der Waals surface area contributed by atoms with Crippen molar-refractivity contribution in [2.24, 2.45) is 45.3 Å². The Kier molecular flexibility index (Phi) is 4.35. The molecule has 1 heterocycles. The van der Waals surface area contributed by atoms with Gasteiger partial charge in [0.15, 0.2) is 0 Å². The number of likely N-dealkylation sites (N-methyl/N-ethyl adjacent to an activating group) is 1. The highest BCUT2D eigenvalue weighted by Crippen LogP contribution is 2.78. The Morgan fingerprint density at radius 2 is 1.15 bits per heavy atom. The zero-order valence-electron chi connectivity index (χ0n) is 20.7. The van der Waals surface area contributed by atoms with Crippen LogP contribution in [-0.4, -0.2) is 62.0 Å². The maximum atomic E-state index is 14.2. The van der Waals surface area contributed by atoms with Gasteiger partial charge in [0.05, 0.1) is 17.9 Å². The monoisotopic (exact) mass is 454 g/mol. The highest BCUT2D eigenvalue weighted by atomic mass is 16.5. The van der Waals surface area contributed by atoms with Crippen molar-refractivity contribution in [1.82, 2.24) is 9.80 Å². The van der Waals surface area contributed by atoms with Crippen LogP contribution in [0.5, 0.6) is 0 Å². The Labute approximate surface area is 199 Å². The third kappa shape index (κ3) is 2.81. The molecule has 8 saturated carbocycles. The van der Waals surface area contributed by atoms with Crippen LogP contribution >= 0.6 is 0 Å². The van der Waals surface area contributed by atoms with Crippen molar-refractivity contribution in [1.29, 1.82) is 0 Å². The van der Waals surface area contributed by atoms with Crippen molar-refractivity contribution in [3.8, 4) is 0 Å². The normalized spacial score (nSPS) is 52.4. The SMILES string of the molecule is COC(=O)C12CC3CC(C1)CC(C14CC5CC(CC(C(=O)N6CCN(C)CC6)(C5)C1)C4)(C3)C2. The zero-order valence-corrected chi connectivity index (χ0v) is 20.7. The Morgan fingerprint density at radius 3 is 1.64 bits per heavy atom. The average Bonchev–Trinajstić information content (AvgIpc) is 2.77. The van der Waals surface area contributed by atoms with E-state index in [9.17, 15) is 9.59 Å². The number of nitrogens with zero attached hydrogens (tertiary/aromatic N) is 2. The van der Waals surface area contributed by atoms with Gasteiger partial charge < -0.3 is 14.5 Å². The van der Waals surface area contributed by atoms with E-state index in [1.54, 1.807) is 7.11 Å². The lowest BCUT2D eigenvalue weighted by Crippen LogP contribution is -2.67. The lowest BCUT2D eigenvalue weighted by atomic mass is 9.31. The number of ether oxygens (including phenoxy) is 1. The van der Waals surface area contributed by atoms with Crippen molar-refractivity contribution in [3.63, 3.8) is 0 Å². The molecule has 4 atom stereocenters. The summed E-state index contributed by atoms with van der Waals surface area (Å²) in [7, 11) is 3.77. The number of amides is 1. The van der Waals surface area contributed by atoms with E-state index >= 15 is 0 Å². The molecule has 182 valence electrons. The highest BCUT2D eigenvalue weighted by molar-refractivity contribution is 5.83. The summed E-state index contributed by atoms with van der Waals surface area (Å²) in [6.07, 6.45) is 14.6. The minimum absolute atomic E-state index is 0.0777. The van der Waals surface area contributed by atoms with Crippen LogP contribution in [-0.2, 0) is 14.3 Å². The van der Waals surface area contributed by atoms with Gasteiger partial charge in [-0.3, -0.25) is 9.59 Å². The number of carbonyl (C=O) groups is 2. The Bertz CT molecular complexity index is 846. The smallest absolute Gasteiger partial charge is 0.311 e. The van der Waals surface area contributed by atoms with Gasteiger partial charge in [0.1, 0.15) is 0 Å². The molecule has 5 nitrogen and oxygen atoms in total. The van der Waals surface area contributed by atoms with Gasteiger partial charge in [-0.1, -0.05) is 0 Å². The number of methoxy groups -OCH3 is 1. The summed E-state index contributed by atoms with van der Waals surface area (Å²) < 4.78 is 5.44. The number of carbonyl (C=O) groups excluding carboxylic acids is 2. The maximum Gasteiger partial charge on any atom is 0.311 e. The first-order valence-corrected chi connectivity index (χ1v) is 13.8. The van der Waals surface area contributed by atoms with Crippen molar-refractivity contribution >= 4 is 11.9 Å². The van der Waals surface area contributed by atoms with Crippen LogP contribution in [0.2, 0.25) is 0 Å². The first-order valence-electron chi connectivity index (χ1n) is 13.8. The summed E-state index contributed by atoms with van der Waals surface area (Å²) in [5, 5.41) is 0. The fourth-order valence-corrected chi connectivity index (χ4v) is 11.8. The molecule has 0 radical (unpaired) electrons. The van der Waals surface area contributed by atoms with E-state index in [1.165, 1.54) is 38.5 Å². The van der Waals surface area contributed by atoms with E-state index < -0.39 is 0 Å². The van der Waals surface area contributed by atoms with Crippen LogP contribution in [0.25, 0.3) is 0 Å². The molecule has 0 aromatic rings. The molecular weight excluding hydrogens is 412 g/mol. The largest absolute Gasteiger partial charge is 0.469 e. The van der Waals surface area contributed by atoms with Gasteiger partial charge in [-0.25, -0.2) is 0 Å². The first-order chi connectivity index (χ1) is 15.8. The second-order valence-corrected chi connectivity index (χ2v) is 14.1. The summed E-state index contributed by atoms with van der Waals surface area (Å²) in [6.45, 7) is 3.82. The van der Waals surface area contributed by atoms with Crippen LogP contribution in [0, 0.1) is 45.3 Å². The fourth-order valence-electron chi connectivity index (χ4n) is 11.8. The Balaban J connectivity index is 1.25. The van der Waals surface area contributed by atoms with Crippen molar-refractivity contribution in [2.75, 3.05) is 40.3 Å². The van der Waals surface area contributed by atoms with Crippen LogP contribution in [0.4, 0.5) is 0 Å². The molecule has 5 heteroatoms. The molecular formula is C28H42N2O3. The van der Waals surface area contributed by atoms with Gasteiger partial charge in [0.25, 0.3) is 0 Å². The minimum atomic E-state index is -0.225. The molecule has 1 aliphatic heterocycles. The van der Waals surface area contributed by atoms with Gasteiger partial charge >= 0.3 is 5.97 Å². The molecule has 4 unspecified atom stereocenters. The second kappa shape index (κ2) is 6.77. The summed E-state index contributed by atoms with van der Waals surface area (Å²) in [4.78, 5) is 31.9. The van der Waals surface area contributed by atoms with Crippen molar-refractivity contribution in [2.45, 2.75) is 77.0 Å². The van der Waals surface area contributed by atoms with Crippen LogP contribution < -0.4 is 0 Å². The molecule has 9 rings (SSSR count). The molecule has 9 fully saturated rings. The van der Waals surface area contributed by atoms with Gasteiger partial charge in [0.2, 0.25) is 5.91 Å². The van der Waals surface area contributed by atoms with E-state index in [1.807, 2.05) is 0 Å². The molecule has 0 spiro atoms. The molecule has 9 aliphatic rings. The first kappa shape index (κ1) is 21.2. The molecule has 0 aromatic carbocycles. The third-order valence-electron chi connectivity index (χ3n) is 12.1. The van der Waals surface area contributed by atoms with Gasteiger partial charge in [-0.2, -0.15) is 0 Å².